The number of hydrogen-bond acceptors (Lipinski definition) is 4. The van der Waals surface area contributed by atoms with Gasteiger partial charge in [-0.15, -0.1) is 10.2 Å². The summed E-state index contributed by atoms with van der Waals surface area (Å²) < 4.78 is 1.08. The van der Waals surface area contributed by atoms with E-state index in [9.17, 15) is 0 Å². The molecule has 1 heterocycles. The highest BCUT2D eigenvalue weighted by Crippen LogP contribution is 2.19. The van der Waals surface area contributed by atoms with Gasteiger partial charge in [-0.05, 0) is 35.0 Å². The van der Waals surface area contributed by atoms with Gasteiger partial charge in [-0.1, -0.05) is 40.2 Å². The van der Waals surface area contributed by atoms with Gasteiger partial charge in [-0.3, -0.25) is 0 Å². The van der Waals surface area contributed by atoms with Crippen molar-refractivity contribution in [3.63, 3.8) is 0 Å². The highest BCUT2D eigenvalue weighted by atomic mass is 79.9. The monoisotopic (exact) mass is 329 g/mol. The second-order valence-electron chi connectivity index (χ2n) is 4.30. The molecule has 0 aliphatic heterocycles. The third-order valence-corrected chi connectivity index (χ3v) is 3.40. The Balaban J connectivity index is 1.72. The van der Waals surface area contributed by atoms with Gasteiger partial charge in [0.05, 0.1) is 0 Å². The van der Waals surface area contributed by atoms with Crippen LogP contribution in [0.2, 0.25) is 0 Å². The molecule has 0 amide bonds. The average Bonchev–Trinajstić information content (AvgIpc) is 3.01. The van der Waals surface area contributed by atoms with Crippen molar-refractivity contribution >= 4 is 21.6 Å². The first-order chi connectivity index (χ1) is 9.81. The van der Waals surface area contributed by atoms with Crippen LogP contribution < -0.4 is 5.32 Å². The summed E-state index contributed by atoms with van der Waals surface area (Å²) in [6.07, 6.45) is 0. The Labute approximate surface area is 124 Å². The summed E-state index contributed by atoms with van der Waals surface area (Å²) in [6.45, 7) is 0.767. The van der Waals surface area contributed by atoms with Gasteiger partial charge >= 0.3 is 0 Å². The number of aromatic amines is 1. The Morgan fingerprint density at radius 3 is 2.70 bits per heavy atom. The summed E-state index contributed by atoms with van der Waals surface area (Å²) >= 11 is 3.43. The second-order valence-corrected chi connectivity index (χ2v) is 5.21. The minimum Gasteiger partial charge on any atom is -0.381 e. The Bertz CT molecular complexity index is 679. The lowest BCUT2D eigenvalue weighted by atomic mass is 10.2. The predicted molar refractivity (Wildman–Crippen MR) is 81.1 cm³/mol. The number of nitrogens with one attached hydrogen (secondary N) is 2. The minimum atomic E-state index is 0.595. The van der Waals surface area contributed by atoms with Crippen LogP contribution in [-0.4, -0.2) is 20.6 Å². The Kier molecular flexibility index (Phi) is 3.73. The van der Waals surface area contributed by atoms with Gasteiger partial charge in [0.25, 0.3) is 0 Å². The molecule has 100 valence electrons. The number of anilines is 1. The standard InChI is InChI=1S/C14H12BrN5/c15-12-6-4-10(5-7-12)9-16-13-3-1-2-11(8-13)14-17-19-20-18-14/h1-8,16H,9H2,(H,17,18,19,20). The maximum absolute atomic E-state index is 3.98. The van der Waals surface area contributed by atoms with E-state index >= 15 is 0 Å². The van der Waals surface area contributed by atoms with Crippen molar-refractivity contribution in [2.75, 3.05) is 5.32 Å². The van der Waals surface area contributed by atoms with Crippen molar-refractivity contribution in [3.05, 3.63) is 58.6 Å². The molecule has 3 rings (SSSR count). The molecule has 0 atom stereocenters. The van der Waals surface area contributed by atoms with Crippen molar-refractivity contribution in [2.24, 2.45) is 0 Å². The lowest BCUT2D eigenvalue weighted by Gasteiger charge is -2.07. The molecule has 2 aromatic carbocycles. The number of benzene rings is 2. The zero-order valence-electron chi connectivity index (χ0n) is 10.5. The van der Waals surface area contributed by atoms with Gasteiger partial charge in [-0.25, -0.2) is 0 Å². The van der Waals surface area contributed by atoms with Crippen molar-refractivity contribution in [3.8, 4) is 11.4 Å². The van der Waals surface area contributed by atoms with E-state index in [0.717, 1.165) is 22.3 Å². The molecule has 0 saturated heterocycles. The number of H-pyrrole nitrogens is 1. The largest absolute Gasteiger partial charge is 0.381 e. The first-order valence-corrected chi connectivity index (χ1v) is 6.93. The molecular weight excluding hydrogens is 318 g/mol. The lowest BCUT2D eigenvalue weighted by Crippen LogP contribution is -1.99. The highest BCUT2D eigenvalue weighted by molar-refractivity contribution is 9.10. The third-order valence-electron chi connectivity index (χ3n) is 2.88. The number of tetrazole rings is 1. The molecule has 0 bridgehead atoms. The van der Waals surface area contributed by atoms with E-state index in [1.807, 2.05) is 36.4 Å². The topological polar surface area (TPSA) is 66.5 Å². The van der Waals surface area contributed by atoms with E-state index in [0.29, 0.717) is 5.82 Å². The molecule has 0 unspecified atom stereocenters. The average molecular weight is 330 g/mol. The Morgan fingerprint density at radius 2 is 1.95 bits per heavy atom. The van der Waals surface area contributed by atoms with Crippen LogP contribution in [0.25, 0.3) is 11.4 Å². The summed E-state index contributed by atoms with van der Waals surface area (Å²) in [5.74, 6) is 0.595. The summed E-state index contributed by atoms with van der Waals surface area (Å²) in [5.41, 5.74) is 3.17. The fourth-order valence-corrected chi connectivity index (χ4v) is 2.12. The number of rotatable bonds is 4. The van der Waals surface area contributed by atoms with Crippen LogP contribution >= 0.6 is 15.9 Å². The highest BCUT2D eigenvalue weighted by Gasteiger charge is 2.03. The van der Waals surface area contributed by atoms with Crippen LogP contribution in [0, 0.1) is 0 Å². The molecule has 0 radical (unpaired) electrons. The normalized spacial score (nSPS) is 10.4. The molecule has 20 heavy (non-hydrogen) atoms. The van der Waals surface area contributed by atoms with Crippen LogP contribution in [0.3, 0.4) is 0 Å². The van der Waals surface area contributed by atoms with Gasteiger partial charge < -0.3 is 5.32 Å². The summed E-state index contributed by atoms with van der Waals surface area (Å²) in [4.78, 5) is 0. The molecule has 0 fully saturated rings. The number of halogens is 1. The number of aromatic nitrogens is 4. The fraction of sp³-hybridized carbons (Fsp3) is 0.0714. The Hall–Kier alpha value is -2.21. The zero-order chi connectivity index (χ0) is 13.8. The van der Waals surface area contributed by atoms with E-state index < -0.39 is 0 Å². The molecule has 0 saturated carbocycles. The van der Waals surface area contributed by atoms with E-state index in [4.69, 9.17) is 0 Å². The van der Waals surface area contributed by atoms with Crippen molar-refractivity contribution < 1.29 is 0 Å². The van der Waals surface area contributed by atoms with E-state index in [1.165, 1.54) is 5.56 Å². The quantitative estimate of drug-likeness (QED) is 0.771. The summed E-state index contributed by atoms with van der Waals surface area (Å²) in [7, 11) is 0. The first-order valence-electron chi connectivity index (χ1n) is 6.13. The van der Waals surface area contributed by atoms with E-state index in [1.54, 1.807) is 0 Å². The van der Waals surface area contributed by atoms with Crippen molar-refractivity contribution in [1.29, 1.82) is 0 Å². The number of hydrogen-bond donors (Lipinski definition) is 2. The van der Waals surface area contributed by atoms with E-state index in [2.05, 4.69) is 54.0 Å². The van der Waals surface area contributed by atoms with Crippen molar-refractivity contribution in [2.45, 2.75) is 6.54 Å². The number of nitrogens with zero attached hydrogens (tertiary/aromatic N) is 3. The molecule has 0 aliphatic carbocycles. The van der Waals surface area contributed by atoms with Gasteiger partial charge in [0, 0.05) is 22.3 Å². The third kappa shape index (κ3) is 3.03. The predicted octanol–water partition coefficient (Wildman–Crippen LogP) is 3.24. The van der Waals surface area contributed by atoms with Crippen LogP contribution in [0.4, 0.5) is 5.69 Å². The SMILES string of the molecule is Brc1ccc(CNc2cccc(-c3nn[nH]n3)c2)cc1. The molecule has 0 aliphatic rings. The molecular formula is C14H12BrN5. The van der Waals surface area contributed by atoms with Gasteiger partial charge in [0.1, 0.15) is 0 Å². The minimum absolute atomic E-state index is 0.595. The zero-order valence-corrected chi connectivity index (χ0v) is 12.1. The second kappa shape index (κ2) is 5.83. The molecule has 3 aromatic rings. The van der Waals surface area contributed by atoms with E-state index in [-0.39, 0.29) is 0 Å². The fourth-order valence-electron chi connectivity index (χ4n) is 1.86. The van der Waals surface area contributed by atoms with Gasteiger partial charge in [0.15, 0.2) is 0 Å². The first kappa shape index (κ1) is 12.8. The molecule has 5 nitrogen and oxygen atoms in total. The van der Waals surface area contributed by atoms with Crippen LogP contribution in [-0.2, 0) is 6.54 Å². The van der Waals surface area contributed by atoms with Crippen LogP contribution in [0.15, 0.2) is 53.0 Å². The lowest BCUT2D eigenvalue weighted by molar-refractivity contribution is 0.881. The summed E-state index contributed by atoms with van der Waals surface area (Å²) in [5, 5.41) is 17.4. The molecule has 2 N–H and O–H groups in total. The van der Waals surface area contributed by atoms with Crippen LogP contribution in [0.1, 0.15) is 5.56 Å². The Morgan fingerprint density at radius 1 is 1.10 bits per heavy atom. The maximum atomic E-state index is 3.98. The van der Waals surface area contributed by atoms with Crippen molar-refractivity contribution in [1.82, 2.24) is 20.6 Å². The molecule has 0 spiro atoms. The summed E-state index contributed by atoms with van der Waals surface area (Å²) in [6, 6.07) is 16.2. The van der Waals surface area contributed by atoms with Gasteiger partial charge in [0.2, 0.25) is 5.82 Å². The smallest absolute Gasteiger partial charge is 0.204 e. The molecule has 6 heteroatoms. The van der Waals surface area contributed by atoms with Crippen LogP contribution in [0.5, 0.6) is 0 Å². The maximum Gasteiger partial charge on any atom is 0.204 e. The van der Waals surface area contributed by atoms with Gasteiger partial charge in [-0.2, -0.15) is 5.21 Å². The molecule has 1 aromatic heterocycles.